The molecule has 0 radical (unpaired) electrons. The number of aryl methyl sites for hydroxylation is 2. The molecule has 2 aromatic carbocycles. The number of hydrogen-bond acceptors (Lipinski definition) is 2. The third-order valence-corrected chi connectivity index (χ3v) is 3.27. The number of benzene rings is 2. The van der Waals surface area contributed by atoms with Crippen LogP contribution in [0.1, 0.15) is 17.5 Å². The lowest BCUT2D eigenvalue weighted by Gasteiger charge is -2.10. The van der Waals surface area contributed by atoms with Crippen LogP contribution in [0.3, 0.4) is 0 Å². The Morgan fingerprint density at radius 1 is 1.05 bits per heavy atom. The molecule has 2 rings (SSSR count). The number of carbonyl (C=O) groups is 1. The van der Waals surface area contributed by atoms with Crippen molar-refractivity contribution in [3.8, 4) is 0 Å². The molecule has 0 saturated carbocycles. The summed E-state index contributed by atoms with van der Waals surface area (Å²) in [6.07, 6.45) is 0.229. The first-order chi connectivity index (χ1) is 10.5. The van der Waals surface area contributed by atoms with Gasteiger partial charge in [0.25, 0.3) is 0 Å². The Labute approximate surface area is 128 Å². The fourth-order valence-electron chi connectivity index (χ4n) is 2.01. The Balaban J connectivity index is 1.85. The Bertz CT molecular complexity index is 686. The number of amides is 1. The van der Waals surface area contributed by atoms with E-state index in [1.165, 1.54) is 6.07 Å². The van der Waals surface area contributed by atoms with E-state index in [4.69, 9.17) is 0 Å². The highest BCUT2D eigenvalue weighted by atomic mass is 19.2. The van der Waals surface area contributed by atoms with E-state index in [0.717, 1.165) is 28.9 Å². The highest BCUT2D eigenvalue weighted by Crippen LogP contribution is 2.17. The van der Waals surface area contributed by atoms with Gasteiger partial charge < -0.3 is 10.6 Å². The molecule has 2 N–H and O–H groups in total. The first kappa shape index (κ1) is 15.9. The monoisotopic (exact) mass is 304 g/mol. The van der Waals surface area contributed by atoms with E-state index in [2.05, 4.69) is 10.6 Å². The highest BCUT2D eigenvalue weighted by molar-refractivity contribution is 5.91. The second kappa shape index (κ2) is 7.02. The van der Waals surface area contributed by atoms with Gasteiger partial charge in [0.15, 0.2) is 11.6 Å². The molecule has 2 aromatic rings. The highest BCUT2D eigenvalue weighted by Gasteiger charge is 2.06. The Kier molecular flexibility index (Phi) is 5.09. The van der Waals surface area contributed by atoms with E-state index in [0.29, 0.717) is 12.2 Å². The van der Waals surface area contributed by atoms with Crippen molar-refractivity contribution < 1.29 is 13.6 Å². The largest absolute Gasteiger partial charge is 0.384 e. The van der Waals surface area contributed by atoms with Crippen LogP contribution in [0.25, 0.3) is 0 Å². The average molecular weight is 304 g/mol. The normalized spacial score (nSPS) is 10.4. The molecular formula is C17H18F2N2O. The van der Waals surface area contributed by atoms with Crippen molar-refractivity contribution in [3.05, 3.63) is 59.2 Å². The van der Waals surface area contributed by atoms with E-state index in [1.807, 2.05) is 32.0 Å². The minimum atomic E-state index is -0.912. The number of hydrogen-bond donors (Lipinski definition) is 2. The molecule has 0 aliphatic carbocycles. The molecule has 3 nitrogen and oxygen atoms in total. The molecule has 1 amide bonds. The van der Waals surface area contributed by atoms with E-state index in [1.54, 1.807) is 0 Å². The van der Waals surface area contributed by atoms with Gasteiger partial charge in [-0.3, -0.25) is 4.79 Å². The molecule has 0 heterocycles. The van der Waals surface area contributed by atoms with Crippen LogP contribution in [0.15, 0.2) is 36.4 Å². The van der Waals surface area contributed by atoms with Crippen LogP contribution in [-0.4, -0.2) is 12.5 Å². The number of rotatable bonds is 5. The van der Waals surface area contributed by atoms with Crippen LogP contribution in [0, 0.1) is 25.5 Å². The molecule has 0 atom stereocenters. The summed E-state index contributed by atoms with van der Waals surface area (Å²) in [5.41, 5.74) is 3.30. The van der Waals surface area contributed by atoms with Crippen LogP contribution in [0.4, 0.5) is 20.2 Å². The van der Waals surface area contributed by atoms with Crippen molar-refractivity contribution in [2.75, 3.05) is 17.2 Å². The maximum Gasteiger partial charge on any atom is 0.226 e. The predicted molar refractivity (Wildman–Crippen MR) is 84.0 cm³/mol. The molecule has 0 spiro atoms. The van der Waals surface area contributed by atoms with Crippen molar-refractivity contribution in [1.82, 2.24) is 0 Å². The SMILES string of the molecule is Cc1ccc(C)c(NC(=O)CCNc2ccc(F)c(F)c2)c1. The molecular weight excluding hydrogens is 286 g/mol. The maximum absolute atomic E-state index is 13.0. The van der Waals surface area contributed by atoms with Crippen LogP contribution < -0.4 is 10.6 Å². The first-order valence-corrected chi connectivity index (χ1v) is 7.02. The van der Waals surface area contributed by atoms with Crippen molar-refractivity contribution in [3.63, 3.8) is 0 Å². The number of nitrogens with one attached hydrogen (secondary N) is 2. The van der Waals surface area contributed by atoms with Crippen molar-refractivity contribution in [2.45, 2.75) is 20.3 Å². The molecule has 0 saturated heterocycles. The van der Waals surface area contributed by atoms with Gasteiger partial charge in [-0.15, -0.1) is 0 Å². The fourth-order valence-corrected chi connectivity index (χ4v) is 2.01. The number of anilines is 2. The zero-order valence-corrected chi connectivity index (χ0v) is 12.5. The zero-order chi connectivity index (χ0) is 16.1. The zero-order valence-electron chi connectivity index (χ0n) is 12.5. The third-order valence-electron chi connectivity index (χ3n) is 3.27. The molecule has 0 bridgehead atoms. The summed E-state index contributed by atoms with van der Waals surface area (Å²) in [6, 6.07) is 9.39. The molecule has 0 aliphatic heterocycles. The van der Waals surface area contributed by atoms with Crippen LogP contribution in [0.2, 0.25) is 0 Å². The van der Waals surface area contributed by atoms with Crippen molar-refractivity contribution in [1.29, 1.82) is 0 Å². The van der Waals surface area contributed by atoms with Gasteiger partial charge in [-0.25, -0.2) is 8.78 Å². The Morgan fingerprint density at radius 2 is 1.82 bits per heavy atom. The summed E-state index contributed by atoms with van der Waals surface area (Å²) in [5.74, 6) is -1.94. The van der Waals surface area contributed by atoms with Crippen molar-refractivity contribution in [2.24, 2.45) is 0 Å². The van der Waals surface area contributed by atoms with Crippen LogP contribution >= 0.6 is 0 Å². The van der Waals surface area contributed by atoms with E-state index >= 15 is 0 Å². The predicted octanol–water partition coefficient (Wildman–Crippen LogP) is 4.02. The topological polar surface area (TPSA) is 41.1 Å². The van der Waals surface area contributed by atoms with Gasteiger partial charge >= 0.3 is 0 Å². The Morgan fingerprint density at radius 3 is 2.55 bits per heavy atom. The maximum atomic E-state index is 13.0. The summed E-state index contributed by atoms with van der Waals surface area (Å²) < 4.78 is 25.8. The van der Waals surface area contributed by atoms with Crippen molar-refractivity contribution >= 4 is 17.3 Å². The minimum absolute atomic E-state index is 0.135. The molecule has 5 heteroatoms. The lowest BCUT2D eigenvalue weighted by atomic mass is 10.1. The lowest BCUT2D eigenvalue weighted by molar-refractivity contribution is -0.115. The van der Waals surface area contributed by atoms with E-state index in [9.17, 15) is 13.6 Å². The summed E-state index contributed by atoms with van der Waals surface area (Å²) in [6.45, 7) is 4.22. The van der Waals surface area contributed by atoms with Gasteiger partial charge in [0.1, 0.15) is 0 Å². The second-order valence-corrected chi connectivity index (χ2v) is 5.17. The van der Waals surface area contributed by atoms with Gasteiger partial charge in [0, 0.05) is 24.3 Å². The molecule has 0 fully saturated rings. The quantitative estimate of drug-likeness (QED) is 0.876. The van der Waals surface area contributed by atoms with Gasteiger partial charge in [0.05, 0.1) is 0 Å². The van der Waals surface area contributed by atoms with Gasteiger partial charge in [-0.1, -0.05) is 12.1 Å². The van der Waals surface area contributed by atoms with Gasteiger partial charge in [-0.2, -0.15) is 0 Å². The molecule has 0 aliphatic rings. The number of carbonyl (C=O) groups excluding carboxylic acids is 1. The van der Waals surface area contributed by atoms with E-state index < -0.39 is 11.6 Å². The molecule has 0 unspecified atom stereocenters. The lowest BCUT2D eigenvalue weighted by Crippen LogP contribution is -2.17. The Hall–Kier alpha value is -2.43. The number of halogens is 2. The van der Waals surface area contributed by atoms with Crippen LogP contribution in [-0.2, 0) is 4.79 Å². The average Bonchev–Trinajstić information content (AvgIpc) is 2.47. The van der Waals surface area contributed by atoms with Gasteiger partial charge in [0.2, 0.25) is 5.91 Å². The van der Waals surface area contributed by atoms with Gasteiger partial charge in [-0.05, 0) is 49.2 Å². The second-order valence-electron chi connectivity index (χ2n) is 5.17. The third kappa shape index (κ3) is 4.28. The smallest absolute Gasteiger partial charge is 0.226 e. The summed E-state index contributed by atoms with van der Waals surface area (Å²) in [5, 5.41) is 5.73. The minimum Gasteiger partial charge on any atom is -0.384 e. The summed E-state index contributed by atoms with van der Waals surface area (Å²) in [4.78, 5) is 11.9. The summed E-state index contributed by atoms with van der Waals surface area (Å²) in [7, 11) is 0. The molecule has 116 valence electrons. The summed E-state index contributed by atoms with van der Waals surface area (Å²) >= 11 is 0. The van der Waals surface area contributed by atoms with E-state index in [-0.39, 0.29) is 12.3 Å². The standard InChI is InChI=1S/C17H18F2N2O/c1-11-3-4-12(2)16(9-11)21-17(22)7-8-20-13-5-6-14(18)15(19)10-13/h3-6,9-10,20H,7-8H2,1-2H3,(H,21,22). The molecule has 0 aromatic heterocycles. The first-order valence-electron chi connectivity index (χ1n) is 7.02. The fraction of sp³-hybridized carbons (Fsp3) is 0.235. The molecule has 22 heavy (non-hydrogen) atoms. The van der Waals surface area contributed by atoms with Crippen LogP contribution in [0.5, 0.6) is 0 Å².